The number of ether oxygens (including phenoxy) is 8. The van der Waals surface area contributed by atoms with E-state index >= 15 is 0 Å². The van der Waals surface area contributed by atoms with E-state index in [9.17, 15) is 76.7 Å². The molecule has 34 heteroatoms. The summed E-state index contributed by atoms with van der Waals surface area (Å²) >= 11 is 0. The number of hydrogen-bond donors (Lipinski definition) is 0. The van der Waals surface area contributed by atoms with Crippen LogP contribution in [0, 0.1) is 0 Å². The van der Waals surface area contributed by atoms with Gasteiger partial charge < -0.3 is 57.2 Å². The molecule has 3 heterocycles. The Balaban J connectivity index is 1.67. The van der Waals surface area contributed by atoms with Crippen molar-refractivity contribution in [1.82, 2.24) is 25.0 Å². The molecule has 3 saturated heterocycles. The minimum Gasteiger partial charge on any atom is -0.460 e. The molecule has 4 unspecified atom stereocenters. The third-order valence-corrected chi connectivity index (χ3v) is 10.4. The summed E-state index contributed by atoms with van der Waals surface area (Å²) in [5, 5.41) is 0.892. The van der Waals surface area contributed by atoms with Crippen LogP contribution >= 0.6 is 0 Å². The molecule has 3 aliphatic rings. The van der Waals surface area contributed by atoms with Crippen LogP contribution in [0.4, 0.5) is 0 Å². The molecule has 0 radical (unpaired) electrons. The van der Waals surface area contributed by atoms with Gasteiger partial charge in [0, 0.05) is 84.2 Å². The molecular weight excluding hydrogens is 1100 g/mol. The van der Waals surface area contributed by atoms with Gasteiger partial charge in [0.1, 0.15) is 83.1 Å². The zero-order valence-electron chi connectivity index (χ0n) is 44.9. The smallest absolute Gasteiger partial charge is 0.380 e. The molecule has 0 N–H and O–H groups in total. The highest BCUT2D eigenvalue weighted by Gasteiger charge is 2.35. The fourth-order valence-electron chi connectivity index (χ4n) is 7.10. The van der Waals surface area contributed by atoms with Crippen molar-refractivity contribution in [3.8, 4) is 0 Å². The highest BCUT2D eigenvalue weighted by atomic mass is 17.2. The molecule has 34 nitrogen and oxygen atoms in total. The predicted octanol–water partition coefficient (Wildman–Crippen LogP) is -3.42. The number of hydrogen-bond acceptors (Lipinski definition) is 31. The first-order chi connectivity index (χ1) is 38.3. The Kier molecular flexibility index (Phi) is 29.1. The van der Waals surface area contributed by atoms with Gasteiger partial charge in [-0.05, 0) is 34.6 Å². The number of ketones is 1. The van der Waals surface area contributed by atoms with Crippen LogP contribution in [0.15, 0.2) is 0 Å². The second kappa shape index (κ2) is 34.9. The number of amides is 6. The Hall–Kier alpha value is -7.92. The Morgan fingerprint density at radius 2 is 0.593 bits per heavy atom. The summed E-state index contributed by atoms with van der Waals surface area (Å²) in [4.78, 5) is 219. The second-order valence-corrected chi connectivity index (χ2v) is 17.9. The third kappa shape index (κ3) is 27.2. The molecule has 0 spiro atoms. The van der Waals surface area contributed by atoms with Crippen molar-refractivity contribution in [3.05, 3.63) is 0 Å². The van der Waals surface area contributed by atoms with E-state index < -0.39 is 166 Å². The molecule has 0 aliphatic carbocycles. The first-order valence-electron chi connectivity index (χ1n) is 24.9. The third-order valence-electron chi connectivity index (χ3n) is 10.4. The van der Waals surface area contributed by atoms with Crippen molar-refractivity contribution in [2.24, 2.45) is 0 Å². The maximum atomic E-state index is 12.8. The highest BCUT2D eigenvalue weighted by Crippen LogP contribution is 2.15. The Morgan fingerprint density at radius 1 is 0.358 bits per heavy atom. The molecule has 3 fully saturated rings. The van der Waals surface area contributed by atoms with Crippen molar-refractivity contribution in [3.63, 3.8) is 0 Å². The van der Waals surface area contributed by atoms with Crippen LogP contribution < -0.4 is 0 Å². The van der Waals surface area contributed by atoms with Crippen LogP contribution in [0.5, 0.6) is 0 Å². The quantitative estimate of drug-likeness (QED) is 0.0192. The lowest BCUT2D eigenvalue weighted by Gasteiger charge is -2.32. The van der Waals surface area contributed by atoms with Crippen molar-refractivity contribution >= 4 is 95.0 Å². The van der Waals surface area contributed by atoms with Gasteiger partial charge in [0.2, 0.25) is 0 Å². The molecule has 3 aliphatic heterocycles. The first-order valence-corrected chi connectivity index (χ1v) is 24.9. The van der Waals surface area contributed by atoms with Crippen LogP contribution in [-0.2, 0) is 139 Å². The molecule has 0 bridgehead atoms. The normalized spacial score (nSPS) is 15.8. The molecule has 4 atom stereocenters. The van der Waals surface area contributed by atoms with Crippen LogP contribution in [0.3, 0.4) is 0 Å². The van der Waals surface area contributed by atoms with Crippen LogP contribution in [0.2, 0.25) is 0 Å². The summed E-state index contributed by atoms with van der Waals surface area (Å²) in [6.07, 6.45) is -5.24. The number of imide groups is 3. The Morgan fingerprint density at radius 3 is 0.852 bits per heavy atom. The van der Waals surface area contributed by atoms with E-state index in [1.54, 1.807) is 9.80 Å². The molecule has 6 amide bonds. The van der Waals surface area contributed by atoms with Gasteiger partial charge in [0.05, 0.1) is 6.42 Å². The minimum absolute atomic E-state index is 0.0232. The second-order valence-electron chi connectivity index (χ2n) is 17.9. The predicted molar refractivity (Wildman–Crippen MR) is 252 cm³/mol. The average molecular weight is 1160 g/mol. The number of hydroxylamine groups is 6. The zero-order valence-corrected chi connectivity index (χ0v) is 44.9. The summed E-state index contributed by atoms with van der Waals surface area (Å²) in [5.41, 5.74) is 0. The van der Waals surface area contributed by atoms with Crippen LogP contribution in [-0.4, -0.2) is 236 Å². The Labute approximate surface area is 460 Å². The number of rotatable bonds is 37. The fraction of sp³-hybridized carbons (Fsp3) is 0.660. The number of carbonyl (C=O) groups is 16. The van der Waals surface area contributed by atoms with Crippen molar-refractivity contribution < 1.29 is 139 Å². The lowest BCUT2D eigenvalue weighted by molar-refractivity contribution is -0.261. The standard InChI is InChI=1S/C47H63N5O29/c1-28(53)6-13-39(60)80-81-47(68)27-72-23-43(64)76-32(5)19-49(18-31(4)75-42(63)22-71-26-46(67)79-52-37(58)11-12-38(52)59)15-14-48(16-29(2)73-40(61)20-69-24-44(65)77-50-33(54)7-8-34(50)55)17-30(3)74-41(62)21-70-25-45(66)78-51-35(56)9-10-36(51)57/h29-32H,6-27H2,1-5H3. The lowest BCUT2D eigenvalue weighted by Crippen LogP contribution is -2.46. The monoisotopic (exact) mass is 1160 g/mol. The van der Waals surface area contributed by atoms with E-state index in [1.807, 2.05) is 0 Å². The van der Waals surface area contributed by atoms with E-state index in [4.69, 9.17) is 52.4 Å². The minimum atomic E-state index is -1.19. The number of Topliss-reactive ketones (excluding diaryl/α,β-unsaturated/α-hetero) is 1. The van der Waals surface area contributed by atoms with E-state index in [-0.39, 0.29) is 96.4 Å². The summed E-state index contributed by atoms with van der Waals surface area (Å²) in [6.45, 7) is 0.358. The molecule has 0 aromatic carbocycles. The number of nitrogens with zero attached hydrogens (tertiary/aromatic N) is 5. The molecule has 81 heavy (non-hydrogen) atoms. The van der Waals surface area contributed by atoms with Gasteiger partial charge in [-0.1, -0.05) is 0 Å². The van der Waals surface area contributed by atoms with Gasteiger partial charge in [0.25, 0.3) is 35.4 Å². The number of esters is 4. The maximum absolute atomic E-state index is 12.8. The van der Waals surface area contributed by atoms with Gasteiger partial charge in [-0.2, -0.15) is 0 Å². The maximum Gasteiger partial charge on any atom is 0.380 e. The molecule has 450 valence electrons. The van der Waals surface area contributed by atoms with E-state index in [2.05, 4.69) is 9.78 Å². The van der Waals surface area contributed by atoms with E-state index in [1.165, 1.54) is 34.6 Å². The molecule has 0 saturated carbocycles. The SMILES string of the molecule is CC(=O)CCC(=O)OOC(=O)COCC(=O)OC(C)CN(CCN(CC(C)OC(=O)COCC(=O)ON1C(=O)CCC1=O)CC(C)OC(=O)COCC(=O)ON1C(=O)CCC1=O)CC(C)OC(=O)COCC(=O)ON1C(=O)CCC1=O. The summed E-state index contributed by atoms with van der Waals surface area (Å²) < 4.78 is 42.0. The summed E-state index contributed by atoms with van der Waals surface area (Å²) in [7, 11) is 0. The molecule has 0 aromatic heterocycles. The highest BCUT2D eigenvalue weighted by molar-refractivity contribution is 6.03. The lowest BCUT2D eigenvalue weighted by atomic mass is 10.2. The van der Waals surface area contributed by atoms with Crippen molar-refractivity contribution in [1.29, 1.82) is 0 Å². The van der Waals surface area contributed by atoms with Crippen molar-refractivity contribution in [2.75, 3.05) is 92.1 Å². The van der Waals surface area contributed by atoms with E-state index in [0.717, 1.165) is 0 Å². The summed E-state index contributed by atoms with van der Waals surface area (Å²) in [6, 6.07) is 0. The van der Waals surface area contributed by atoms with Crippen LogP contribution in [0.1, 0.15) is 86.0 Å². The molecule has 3 rings (SSSR count). The van der Waals surface area contributed by atoms with Gasteiger partial charge in [-0.15, -0.1) is 15.2 Å². The van der Waals surface area contributed by atoms with Gasteiger partial charge in [-0.3, -0.25) is 38.6 Å². The zero-order chi connectivity index (χ0) is 60.2. The average Bonchev–Trinajstić information content (AvgIpc) is 3.99. The molecular formula is C47H63N5O29. The van der Waals surface area contributed by atoms with E-state index in [0.29, 0.717) is 15.2 Å². The Bertz CT molecular complexity index is 2220. The fourth-order valence-corrected chi connectivity index (χ4v) is 7.10. The van der Waals surface area contributed by atoms with Gasteiger partial charge in [0.15, 0.2) is 0 Å². The number of carbonyl (C=O) groups excluding carboxylic acids is 16. The van der Waals surface area contributed by atoms with Gasteiger partial charge in [-0.25, -0.2) is 52.9 Å². The molecule has 0 aromatic rings. The summed E-state index contributed by atoms with van der Waals surface area (Å²) in [5.74, 6) is -14.2. The van der Waals surface area contributed by atoms with Gasteiger partial charge >= 0.3 is 53.7 Å². The topological polar surface area (TPSA) is 409 Å². The largest absolute Gasteiger partial charge is 0.460 e. The first kappa shape index (κ1) is 67.4. The van der Waals surface area contributed by atoms with Crippen molar-refractivity contribution in [2.45, 2.75) is 110 Å². The van der Waals surface area contributed by atoms with Crippen LogP contribution in [0.25, 0.3) is 0 Å².